The molecule has 2 aromatic rings. The van der Waals surface area contributed by atoms with E-state index < -0.39 is 31.3 Å². The standard InChI is InChI=1S/C18H19F3NO5P/c1-3-28(24,25)22-17(23)12(2)26-14-8-10-16(11-9-14)27-15-6-4-13(5-7-15)18(19,20)21/h4-12H,3H2,1-2H3,(H2,22,23,24,25). The fourth-order valence-corrected chi connectivity index (χ4v) is 2.72. The topological polar surface area (TPSA) is 84.9 Å². The largest absolute Gasteiger partial charge is 0.481 e. The van der Waals surface area contributed by atoms with Crippen LogP contribution in [-0.2, 0) is 15.5 Å². The minimum atomic E-state index is -4.42. The molecule has 0 aromatic heterocycles. The fourth-order valence-electron chi connectivity index (χ4n) is 2.03. The molecule has 0 aliphatic rings. The van der Waals surface area contributed by atoms with Crippen LogP contribution >= 0.6 is 7.52 Å². The smallest absolute Gasteiger partial charge is 0.416 e. The number of amides is 1. The number of benzene rings is 2. The zero-order chi connectivity index (χ0) is 20.9. The predicted octanol–water partition coefficient (Wildman–Crippen LogP) is 4.59. The lowest BCUT2D eigenvalue weighted by molar-refractivity contribution is -0.137. The third-order valence-electron chi connectivity index (χ3n) is 3.64. The summed E-state index contributed by atoms with van der Waals surface area (Å²) in [6, 6.07) is 10.3. The summed E-state index contributed by atoms with van der Waals surface area (Å²) >= 11 is 0. The number of halogens is 3. The van der Waals surface area contributed by atoms with Crippen LogP contribution in [-0.4, -0.2) is 23.1 Å². The van der Waals surface area contributed by atoms with E-state index >= 15 is 0 Å². The second kappa shape index (κ2) is 8.67. The SMILES string of the molecule is CCP(=O)(O)NC(=O)C(C)Oc1ccc(Oc2ccc(C(F)(F)F)cc2)cc1. The summed E-state index contributed by atoms with van der Waals surface area (Å²) in [6.07, 6.45) is -5.52. The van der Waals surface area contributed by atoms with Crippen LogP contribution in [0.1, 0.15) is 19.4 Å². The van der Waals surface area contributed by atoms with Gasteiger partial charge < -0.3 is 14.4 Å². The molecule has 0 saturated carbocycles. The predicted molar refractivity (Wildman–Crippen MR) is 96.6 cm³/mol. The number of carbonyl (C=O) groups excluding carboxylic acids is 1. The summed E-state index contributed by atoms with van der Waals surface area (Å²) in [5.41, 5.74) is -0.772. The molecule has 2 N–H and O–H groups in total. The first kappa shape index (κ1) is 21.8. The van der Waals surface area contributed by atoms with E-state index in [1.54, 1.807) is 0 Å². The normalized spacial score (nSPS) is 14.6. The van der Waals surface area contributed by atoms with Gasteiger partial charge in [-0.1, -0.05) is 6.92 Å². The molecule has 0 fully saturated rings. The third kappa shape index (κ3) is 6.28. The highest BCUT2D eigenvalue weighted by atomic mass is 31.2. The van der Waals surface area contributed by atoms with E-state index in [1.165, 1.54) is 50.2 Å². The monoisotopic (exact) mass is 417 g/mol. The van der Waals surface area contributed by atoms with Crippen LogP contribution in [0.2, 0.25) is 0 Å². The number of hydrogen-bond donors (Lipinski definition) is 2. The summed E-state index contributed by atoms with van der Waals surface area (Å²) in [4.78, 5) is 21.3. The summed E-state index contributed by atoms with van der Waals surface area (Å²) in [5.74, 6) is 0.173. The van der Waals surface area contributed by atoms with Crippen molar-refractivity contribution in [1.82, 2.24) is 5.09 Å². The maximum Gasteiger partial charge on any atom is 0.416 e. The Morgan fingerprint density at radius 3 is 2.00 bits per heavy atom. The first-order valence-corrected chi connectivity index (χ1v) is 10.1. The van der Waals surface area contributed by atoms with Gasteiger partial charge in [-0.3, -0.25) is 14.4 Å². The molecule has 2 atom stereocenters. The van der Waals surface area contributed by atoms with Crippen molar-refractivity contribution in [3.05, 3.63) is 54.1 Å². The first-order valence-electron chi connectivity index (χ1n) is 8.26. The van der Waals surface area contributed by atoms with Crippen LogP contribution in [0.15, 0.2) is 48.5 Å². The second-order valence-corrected chi connectivity index (χ2v) is 8.11. The maximum absolute atomic E-state index is 12.6. The average molecular weight is 417 g/mol. The molecule has 0 aliphatic carbocycles. The van der Waals surface area contributed by atoms with Crippen molar-refractivity contribution in [3.8, 4) is 17.2 Å². The molecule has 0 bridgehead atoms. The lowest BCUT2D eigenvalue weighted by Gasteiger charge is -2.17. The Kier molecular flexibility index (Phi) is 6.74. The Morgan fingerprint density at radius 2 is 1.54 bits per heavy atom. The van der Waals surface area contributed by atoms with Crippen molar-refractivity contribution in [2.45, 2.75) is 26.1 Å². The van der Waals surface area contributed by atoms with Gasteiger partial charge in [0.15, 0.2) is 6.10 Å². The van der Waals surface area contributed by atoms with Gasteiger partial charge in [-0.2, -0.15) is 13.2 Å². The molecular weight excluding hydrogens is 398 g/mol. The number of rotatable bonds is 7. The molecule has 0 spiro atoms. The highest BCUT2D eigenvalue weighted by Crippen LogP contribution is 2.34. The van der Waals surface area contributed by atoms with E-state index in [0.29, 0.717) is 11.5 Å². The van der Waals surface area contributed by atoms with E-state index in [4.69, 9.17) is 9.47 Å². The molecular formula is C18H19F3NO5P. The summed E-state index contributed by atoms with van der Waals surface area (Å²) in [6.45, 7) is 2.90. The Labute approximate surface area is 159 Å². The molecule has 2 rings (SSSR count). The summed E-state index contributed by atoms with van der Waals surface area (Å²) in [7, 11) is -3.72. The minimum Gasteiger partial charge on any atom is -0.481 e. The van der Waals surface area contributed by atoms with Crippen molar-refractivity contribution >= 4 is 13.4 Å². The number of alkyl halides is 3. The van der Waals surface area contributed by atoms with Crippen LogP contribution in [0.5, 0.6) is 17.2 Å². The van der Waals surface area contributed by atoms with E-state index in [0.717, 1.165) is 12.1 Å². The van der Waals surface area contributed by atoms with Gasteiger partial charge >= 0.3 is 6.18 Å². The van der Waals surface area contributed by atoms with Gasteiger partial charge in [0.2, 0.25) is 0 Å². The highest BCUT2D eigenvalue weighted by Gasteiger charge is 2.30. The van der Waals surface area contributed by atoms with Gasteiger partial charge in [-0.05, 0) is 55.5 Å². The number of hydrogen-bond acceptors (Lipinski definition) is 4. The van der Waals surface area contributed by atoms with Crippen LogP contribution < -0.4 is 14.6 Å². The Balaban J connectivity index is 1.96. The van der Waals surface area contributed by atoms with E-state index in [1.807, 2.05) is 5.09 Å². The number of carbonyl (C=O) groups is 1. The lowest BCUT2D eigenvalue weighted by atomic mass is 10.2. The molecule has 10 heteroatoms. The number of nitrogens with one attached hydrogen (secondary N) is 1. The third-order valence-corrected chi connectivity index (χ3v) is 5.06. The Hall–Kier alpha value is -2.51. The fraction of sp³-hybridized carbons (Fsp3) is 0.278. The van der Waals surface area contributed by atoms with Crippen LogP contribution in [0.4, 0.5) is 13.2 Å². The molecule has 0 aliphatic heterocycles. The molecule has 2 aromatic carbocycles. The minimum absolute atomic E-state index is 0.0958. The van der Waals surface area contributed by atoms with Crippen molar-refractivity contribution in [2.75, 3.05) is 6.16 Å². The first-order chi connectivity index (χ1) is 13.0. The van der Waals surface area contributed by atoms with E-state index in [2.05, 4.69) is 0 Å². The number of ether oxygens (including phenoxy) is 2. The molecule has 1 amide bonds. The van der Waals surface area contributed by atoms with Gasteiger partial charge in [-0.25, -0.2) is 0 Å². The maximum atomic E-state index is 12.6. The molecule has 6 nitrogen and oxygen atoms in total. The van der Waals surface area contributed by atoms with Gasteiger partial charge in [0.25, 0.3) is 13.4 Å². The molecule has 28 heavy (non-hydrogen) atoms. The molecule has 0 heterocycles. The van der Waals surface area contributed by atoms with Crippen molar-refractivity contribution in [2.24, 2.45) is 0 Å². The Bertz CT molecular complexity index is 853. The second-order valence-electron chi connectivity index (χ2n) is 5.85. The van der Waals surface area contributed by atoms with E-state index in [-0.39, 0.29) is 11.9 Å². The average Bonchev–Trinajstić information content (AvgIpc) is 2.62. The van der Waals surface area contributed by atoms with Gasteiger partial charge in [0.05, 0.1) is 5.56 Å². The van der Waals surface area contributed by atoms with Crippen LogP contribution in [0.25, 0.3) is 0 Å². The zero-order valence-electron chi connectivity index (χ0n) is 15.1. The molecule has 2 unspecified atom stereocenters. The lowest BCUT2D eigenvalue weighted by Crippen LogP contribution is -2.34. The Morgan fingerprint density at radius 1 is 1.07 bits per heavy atom. The summed E-state index contributed by atoms with van der Waals surface area (Å²) < 4.78 is 60.0. The van der Waals surface area contributed by atoms with Crippen molar-refractivity contribution in [3.63, 3.8) is 0 Å². The molecule has 152 valence electrons. The van der Waals surface area contributed by atoms with E-state index in [9.17, 15) is 27.4 Å². The van der Waals surface area contributed by atoms with Gasteiger partial charge in [-0.15, -0.1) is 0 Å². The molecule has 0 saturated heterocycles. The van der Waals surface area contributed by atoms with Crippen molar-refractivity contribution in [1.29, 1.82) is 0 Å². The summed E-state index contributed by atoms with van der Waals surface area (Å²) in [5, 5.41) is 2.03. The van der Waals surface area contributed by atoms with Gasteiger partial charge in [0.1, 0.15) is 17.2 Å². The molecule has 0 radical (unpaired) electrons. The van der Waals surface area contributed by atoms with Crippen molar-refractivity contribution < 1.29 is 36.9 Å². The quantitative estimate of drug-likeness (QED) is 0.644. The van der Waals surface area contributed by atoms with Crippen LogP contribution in [0, 0.1) is 0 Å². The highest BCUT2D eigenvalue weighted by molar-refractivity contribution is 7.56. The zero-order valence-corrected chi connectivity index (χ0v) is 16.0. The van der Waals surface area contributed by atoms with Crippen LogP contribution in [0.3, 0.4) is 0 Å². The van der Waals surface area contributed by atoms with Gasteiger partial charge in [0, 0.05) is 6.16 Å².